The highest BCUT2D eigenvalue weighted by Gasteiger charge is 2.24. The van der Waals surface area contributed by atoms with Crippen molar-refractivity contribution >= 4 is 34.0 Å². The summed E-state index contributed by atoms with van der Waals surface area (Å²) in [5.74, 6) is 3.09. The quantitative estimate of drug-likeness (QED) is 0.328. The Labute approximate surface area is 220 Å². The van der Waals surface area contributed by atoms with Gasteiger partial charge in [0, 0.05) is 25.2 Å². The molecular weight excluding hydrogens is 492 g/mol. The van der Waals surface area contributed by atoms with Crippen molar-refractivity contribution in [2.45, 2.75) is 25.6 Å². The van der Waals surface area contributed by atoms with E-state index in [2.05, 4.69) is 27.2 Å². The predicted molar refractivity (Wildman–Crippen MR) is 142 cm³/mol. The van der Waals surface area contributed by atoms with E-state index < -0.39 is 0 Å². The van der Waals surface area contributed by atoms with Crippen LogP contribution >= 0.6 is 11.6 Å². The number of nitrogens with one attached hydrogen (secondary N) is 1. The van der Waals surface area contributed by atoms with Gasteiger partial charge in [-0.2, -0.15) is 0 Å². The van der Waals surface area contributed by atoms with Gasteiger partial charge in [0.2, 0.25) is 6.79 Å². The predicted octanol–water partition coefficient (Wildman–Crippen LogP) is 5.81. The van der Waals surface area contributed by atoms with E-state index in [9.17, 15) is 0 Å². The highest BCUT2D eigenvalue weighted by molar-refractivity contribution is 6.34. The van der Waals surface area contributed by atoms with E-state index in [1.165, 1.54) is 6.33 Å². The number of anilines is 2. The zero-order valence-corrected chi connectivity index (χ0v) is 21.2. The fourth-order valence-corrected chi connectivity index (χ4v) is 4.80. The number of hydrogen-bond acceptors (Lipinski definition) is 8. The highest BCUT2D eigenvalue weighted by Crippen LogP contribution is 2.46. The molecule has 0 aliphatic carbocycles. The van der Waals surface area contributed by atoms with E-state index in [1.807, 2.05) is 42.5 Å². The summed E-state index contributed by atoms with van der Waals surface area (Å²) >= 11 is 6.55. The third-order valence-corrected chi connectivity index (χ3v) is 6.93. The average molecular weight is 519 g/mol. The van der Waals surface area contributed by atoms with Crippen molar-refractivity contribution in [1.82, 2.24) is 14.9 Å². The molecule has 0 saturated carbocycles. The van der Waals surface area contributed by atoms with Crippen LogP contribution in [0.15, 0.2) is 60.9 Å². The van der Waals surface area contributed by atoms with Crippen molar-refractivity contribution in [1.29, 1.82) is 0 Å². The summed E-state index contributed by atoms with van der Waals surface area (Å²) < 4.78 is 24.0. The first-order valence-corrected chi connectivity index (χ1v) is 12.7. The first-order chi connectivity index (χ1) is 18.1. The largest absolute Gasteiger partial charge is 0.489 e. The second-order valence-corrected chi connectivity index (χ2v) is 9.62. The lowest BCUT2D eigenvalue weighted by molar-refractivity contribution is 0.115. The molecule has 37 heavy (non-hydrogen) atoms. The molecule has 3 heterocycles. The Kier molecular flexibility index (Phi) is 6.59. The molecule has 0 bridgehead atoms. The Balaban J connectivity index is 1.38. The van der Waals surface area contributed by atoms with Gasteiger partial charge in [0.05, 0.1) is 15.9 Å². The fourth-order valence-electron chi connectivity index (χ4n) is 4.61. The molecule has 1 fully saturated rings. The molecule has 0 amide bonds. The van der Waals surface area contributed by atoms with Crippen molar-refractivity contribution < 1.29 is 18.9 Å². The standard InChI is InChI=1S/C28H27ClN4O4/c1-33-11-9-19(10-12-33)37-24-14-20(34-15-18-5-3-2-4-6-18)13-22-25(24)28(31-16-30-22)32-26-21(29)7-8-23-27(26)36-17-35-23/h2-8,13-14,16,19H,9-12,15,17H2,1H3,(H,30,31,32). The van der Waals surface area contributed by atoms with Crippen LogP contribution in [0.4, 0.5) is 11.5 Å². The van der Waals surface area contributed by atoms with Gasteiger partial charge in [-0.3, -0.25) is 0 Å². The summed E-state index contributed by atoms with van der Waals surface area (Å²) in [7, 11) is 2.13. The van der Waals surface area contributed by atoms with E-state index in [1.54, 1.807) is 12.1 Å². The number of ether oxygens (including phenoxy) is 4. The Morgan fingerprint density at radius 1 is 1.05 bits per heavy atom. The molecule has 4 aromatic rings. The Bertz CT molecular complexity index is 1410. The van der Waals surface area contributed by atoms with Gasteiger partial charge in [-0.05, 0) is 37.6 Å². The number of fused-ring (bicyclic) bond motifs is 2. The molecule has 1 N–H and O–H groups in total. The number of aromatic nitrogens is 2. The molecule has 2 aliphatic rings. The summed E-state index contributed by atoms with van der Waals surface area (Å²) in [5, 5.41) is 4.61. The summed E-state index contributed by atoms with van der Waals surface area (Å²) in [5.41, 5.74) is 2.37. The van der Waals surface area contributed by atoms with Crippen molar-refractivity contribution in [2.75, 3.05) is 32.2 Å². The Morgan fingerprint density at radius 3 is 2.73 bits per heavy atom. The van der Waals surface area contributed by atoms with Gasteiger partial charge in [-0.15, -0.1) is 0 Å². The van der Waals surface area contributed by atoms with Crippen molar-refractivity contribution in [3.63, 3.8) is 0 Å². The molecule has 190 valence electrons. The first kappa shape index (κ1) is 23.6. The van der Waals surface area contributed by atoms with Crippen LogP contribution in [-0.4, -0.2) is 47.9 Å². The van der Waals surface area contributed by atoms with E-state index in [4.69, 9.17) is 30.5 Å². The Morgan fingerprint density at radius 2 is 1.89 bits per heavy atom. The number of nitrogens with zero attached hydrogens (tertiary/aromatic N) is 3. The minimum Gasteiger partial charge on any atom is -0.489 e. The van der Waals surface area contributed by atoms with Crippen LogP contribution in [0.25, 0.3) is 10.9 Å². The Hall–Kier alpha value is -3.75. The summed E-state index contributed by atoms with van der Waals surface area (Å²) in [6, 6.07) is 17.5. The topological polar surface area (TPSA) is 78.0 Å². The summed E-state index contributed by atoms with van der Waals surface area (Å²) in [6.07, 6.45) is 3.47. The third-order valence-electron chi connectivity index (χ3n) is 6.61. The lowest BCUT2D eigenvalue weighted by Gasteiger charge is -2.30. The maximum atomic E-state index is 6.60. The van der Waals surface area contributed by atoms with Crippen molar-refractivity contribution in [3.8, 4) is 23.0 Å². The van der Waals surface area contributed by atoms with Gasteiger partial charge in [-0.1, -0.05) is 41.9 Å². The first-order valence-electron chi connectivity index (χ1n) is 12.3. The van der Waals surface area contributed by atoms with Crippen molar-refractivity contribution in [2.24, 2.45) is 0 Å². The number of halogens is 1. The van der Waals surface area contributed by atoms with Crippen LogP contribution in [-0.2, 0) is 6.61 Å². The smallest absolute Gasteiger partial charge is 0.231 e. The van der Waals surface area contributed by atoms with Crippen LogP contribution in [0.3, 0.4) is 0 Å². The molecule has 8 nitrogen and oxygen atoms in total. The number of piperidine rings is 1. The summed E-state index contributed by atoms with van der Waals surface area (Å²) in [4.78, 5) is 11.4. The molecule has 0 radical (unpaired) electrons. The molecule has 1 saturated heterocycles. The van der Waals surface area contributed by atoms with Crippen LogP contribution in [0, 0.1) is 0 Å². The molecular formula is C28H27ClN4O4. The van der Waals surface area contributed by atoms with Gasteiger partial charge >= 0.3 is 0 Å². The van der Waals surface area contributed by atoms with Gasteiger partial charge in [0.25, 0.3) is 0 Å². The van der Waals surface area contributed by atoms with E-state index in [0.29, 0.717) is 51.6 Å². The molecule has 3 aromatic carbocycles. The van der Waals surface area contributed by atoms with Crippen LogP contribution in [0.1, 0.15) is 18.4 Å². The molecule has 1 aromatic heterocycles. The van der Waals surface area contributed by atoms with Crippen LogP contribution in [0.2, 0.25) is 5.02 Å². The number of likely N-dealkylation sites (tertiary alicyclic amines) is 1. The molecule has 0 atom stereocenters. The van der Waals surface area contributed by atoms with Gasteiger partial charge in [0.15, 0.2) is 11.5 Å². The maximum Gasteiger partial charge on any atom is 0.231 e. The maximum absolute atomic E-state index is 6.60. The highest BCUT2D eigenvalue weighted by atomic mass is 35.5. The SMILES string of the molecule is CN1CCC(Oc2cc(OCc3ccccc3)cc3ncnc(Nc4c(Cl)ccc5c4OCO5)c23)CC1. The number of rotatable bonds is 7. The molecule has 2 aliphatic heterocycles. The third kappa shape index (κ3) is 5.08. The molecule has 6 rings (SSSR count). The molecule has 0 unspecified atom stereocenters. The fraction of sp³-hybridized carbons (Fsp3) is 0.286. The van der Waals surface area contributed by atoms with E-state index >= 15 is 0 Å². The normalized spacial score (nSPS) is 15.6. The number of benzene rings is 3. The lowest BCUT2D eigenvalue weighted by Crippen LogP contribution is -2.35. The van der Waals surface area contributed by atoms with Crippen LogP contribution in [0.5, 0.6) is 23.0 Å². The van der Waals surface area contributed by atoms with Gasteiger partial charge in [0.1, 0.15) is 42.0 Å². The second kappa shape index (κ2) is 10.3. The monoisotopic (exact) mass is 518 g/mol. The minimum atomic E-state index is 0.0816. The average Bonchev–Trinajstić information content (AvgIpc) is 3.40. The second-order valence-electron chi connectivity index (χ2n) is 9.21. The van der Waals surface area contributed by atoms with Crippen LogP contribution < -0.4 is 24.3 Å². The van der Waals surface area contributed by atoms with E-state index in [0.717, 1.165) is 36.9 Å². The minimum absolute atomic E-state index is 0.0816. The lowest BCUT2D eigenvalue weighted by atomic mass is 10.1. The van der Waals surface area contributed by atoms with Gasteiger partial charge in [-0.25, -0.2) is 9.97 Å². The number of hydrogen-bond donors (Lipinski definition) is 1. The molecule has 0 spiro atoms. The zero-order chi connectivity index (χ0) is 25.2. The molecule has 9 heteroatoms. The van der Waals surface area contributed by atoms with Crippen molar-refractivity contribution in [3.05, 3.63) is 71.5 Å². The van der Waals surface area contributed by atoms with E-state index in [-0.39, 0.29) is 12.9 Å². The van der Waals surface area contributed by atoms with Gasteiger partial charge < -0.3 is 29.2 Å². The summed E-state index contributed by atoms with van der Waals surface area (Å²) in [6.45, 7) is 2.55. The zero-order valence-electron chi connectivity index (χ0n) is 20.4.